The highest BCUT2D eigenvalue weighted by Gasteiger charge is 2.18. The van der Waals surface area contributed by atoms with Crippen LogP contribution in [-0.4, -0.2) is 5.52 Å². The predicted molar refractivity (Wildman–Crippen MR) is 106 cm³/mol. The molecule has 0 N–H and O–H groups in total. The lowest BCUT2D eigenvalue weighted by Crippen LogP contribution is -1.98. The van der Waals surface area contributed by atoms with Gasteiger partial charge in [0, 0.05) is 0 Å². The molecule has 1 atom stereocenters. The molecule has 0 aliphatic carbocycles. The summed E-state index contributed by atoms with van der Waals surface area (Å²) in [5, 5.41) is 0. The number of carbonyl (C=O) groups is 1. The van der Waals surface area contributed by atoms with Crippen LogP contribution in [0.4, 0.5) is 0 Å². The molecule has 126 valence electrons. The fourth-order valence-electron chi connectivity index (χ4n) is 2.85. The Kier molecular flexibility index (Phi) is 6.80. The minimum Gasteiger partial charge on any atom is -0.234 e. The molecule has 0 heterocycles. The Morgan fingerprint density at radius 3 is 1.48 bits per heavy atom. The molecule has 3 aromatic carbocycles. The summed E-state index contributed by atoms with van der Waals surface area (Å²) in [5.74, 6) is 0. The molecule has 3 rings (SSSR count). The maximum Gasteiger partial charge on any atom is 0.406 e. The molecule has 0 radical (unpaired) electrons. The molecular weight excluding hydrogens is 327 g/mol. The Balaban J connectivity index is 0.000000181. The van der Waals surface area contributed by atoms with Crippen molar-refractivity contribution < 1.29 is 9.36 Å². The quantitative estimate of drug-likeness (QED) is 0.533. The summed E-state index contributed by atoms with van der Waals surface area (Å²) in [4.78, 5) is 11.3. The summed E-state index contributed by atoms with van der Waals surface area (Å²) >= 11 is 0. The zero-order chi connectivity index (χ0) is 18.2. The van der Waals surface area contributed by atoms with Gasteiger partial charge in [-0.05, 0) is 43.0 Å². The average molecular weight is 349 g/mol. The Morgan fingerprint density at radius 2 is 1.12 bits per heavy atom. The van der Waals surface area contributed by atoms with Crippen molar-refractivity contribution in [1.82, 2.24) is 0 Å². The van der Waals surface area contributed by atoms with E-state index in [-0.39, 0.29) is 5.52 Å². The zero-order valence-corrected chi connectivity index (χ0v) is 15.7. The van der Waals surface area contributed by atoms with Gasteiger partial charge in [-0.15, -0.1) is 0 Å². The molecule has 0 aromatic heterocycles. The first kappa shape index (κ1) is 18.8. The van der Waals surface area contributed by atoms with Crippen LogP contribution in [0.25, 0.3) is 11.1 Å². The predicted octanol–water partition coefficient (Wildman–Crippen LogP) is 6.13. The van der Waals surface area contributed by atoms with Gasteiger partial charge in [0.2, 0.25) is 0 Å². The van der Waals surface area contributed by atoms with Crippen LogP contribution in [0.15, 0.2) is 72.8 Å². The Bertz CT molecular complexity index is 795. The first-order valence-electron chi connectivity index (χ1n) is 8.13. The summed E-state index contributed by atoms with van der Waals surface area (Å²) in [5.41, 5.74) is 5.82. The van der Waals surface area contributed by atoms with Gasteiger partial charge < -0.3 is 0 Å². The summed E-state index contributed by atoms with van der Waals surface area (Å²) < 4.78 is 10.5. The van der Waals surface area contributed by atoms with Crippen molar-refractivity contribution in [2.24, 2.45) is 0 Å². The van der Waals surface area contributed by atoms with Gasteiger partial charge in [0.1, 0.15) is 0 Å². The van der Waals surface area contributed by atoms with Crippen LogP contribution in [0.2, 0.25) is 0 Å². The molecule has 25 heavy (non-hydrogen) atoms. The molecule has 0 fully saturated rings. The average Bonchev–Trinajstić information content (AvgIpc) is 2.63. The van der Waals surface area contributed by atoms with Crippen LogP contribution in [0.3, 0.4) is 0 Å². The molecule has 0 bridgehead atoms. The van der Waals surface area contributed by atoms with Crippen molar-refractivity contribution in [2.75, 3.05) is 0 Å². The van der Waals surface area contributed by atoms with E-state index in [0.717, 1.165) is 16.7 Å². The summed E-state index contributed by atoms with van der Waals surface area (Å²) in [6.45, 7) is 5.72. The Labute approximate surface area is 150 Å². The molecule has 1 unspecified atom stereocenters. The van der Waals surface area contributed by atoms with Gasteiger partial charge in [0.25, 0.3) is 0 Å². The molecule has 3 heteroatoms. The summed E-state index contributed by atoms with van der Waals surface area (Å²) in [7, 11) is -0.890. The topological polar surface area (TPSA) is 34.1 Å². The van der Waals surface area contributed by atoms with E-state index in [1.165, 1.54) is 11.1 Å². The maximum absolute atomic E-state index is 11.3. The molecular formula is C22H22O2P+. The van der Waals surface area contributed by atoms with Gasteiger partial charge >= 0.3 is 14.0 Å². The largest absolute Gasteiger partial charge is 0.406 e. The molecule has 0 saturated heterocycles. The molecule has 3 aromatic rings. The third-order valence-corrected chi connectivity index (χ3v) is 4.31. The highest BCUT2D eigenvalue weighted by Crippen LogP contribution is 2.20. The second kappa shape index (κ2) is 9.05. The van der Waals surface area contributed by atoms with Crippen LogP contribution >= 0.6 is 8.46 Å². The minimum atomic E-state index is -0.890. The lowest BCUT2D eigenvalue weighted by Gasteiger charge is -2.03. The van der Waals surface area contributed by atoms with Gasteiger partial charge in [-0.1, -0.05) is 82.9 Å². The fourth-order valence-corrected chi connectivity index (χ4v) is 3.35. The first-order valence-corrected chi connectivity index (χ1v) is 9.04. The van der Waals surface area contributed by atoms with E-state index < -0.39 is 8.46 Å². The smallest absolute Gasteiger partial charge is 0.234 e. The third kappa shape index (κ3) is 5.20. The zero-order valence-electron chi connectivity index (χ0n) is 14.7. The molecule has 0 amide bonds. The number of hydrogen-bond donors (Lipinski definition) is 0. The van der Waals surface area contributed by atoms with Crippen LogP contribution in [-0.2, 0) is 4.57 Å². The maximum atomic E-state index is 11.3. The van der Waals surface area contributed by atoms with Crippen molar-refractivity contribution in [2.45, 2.75) is 20.8 Å². The molecule has 2 nitrogen and oxygen atoms in total. The number of carbonyl (C=O) groups excluding carboxylic acids is 1. The minimum absolute atomic E-state index is 0.282. The molecule has 0 saturated carbocycles. The van der Waals surface area contributed by atoms with Crippen LogP contribution in [0.5, 0.6) is 0 Å². The van der Waals surface area contributed by atoms with Gasteiger partial charge in [0.05, 0.1) is 5.56 Å². The lowest BCUT2D eigenvalue weighted by atomic mass is 10.0. The number of aryl methyl sites for hydroxylation is 3. The lowest BCUT2D eigenvalue weighted by molar-refractivity contribution is 0.108. The summed E-state index contributed by atoms with van der Waals surface area (Å²) in [6.07, 6.45) is 0. The van der Waals surface area contributed by atoms with Crippen LogP contribution in [0.1, 0.15) is 27.0 Å². The van der Waals surface area contributed by atoms with E-state index in [2.05, 4.69) is 48.5 Å². The Morgan fingerprint density at radius 1 is 0.720 bits per heavy atom. The van der Waals surface area contributed by atoms with Gasteiger partial charge in [-0.25, -0.2) is 4.79 Å². The molecule has 0 aliphatic heterocycles. The molecule has 0 aliphatic rings. The van der Waals surface area contributed by atoms with Gasteiger partial charge in [-0.3, -0.25) is 0 Å². The normalized spacial score (nSPS) is 10.0. The van der Waals surface area contributed by atoms with Gasteiger partial charge in [-0.2, -0.15) is 0 Å². The highest BCUT2D eigenvalue weighted by atomic mass is 31.1. The fraction of sp³-hybridized carbons (Fsp3) is 0.136. The van der Waals surface area contributed by atoms with Gasteiger partial charge in [0.15, 0.2) is 0 Å². The van der Waals surface area contributed by atoms with E-state index in [1.807, 2.05) is 45.0 Å². The number of rotatable bonds is 3. The van der Waals surface area contributed by atoms with Crippen LogP contribution < -0.4 is 0 Å². The van der Waals surface area contributed by atoms with Crippen molar-refractivity contribution in [3.63, 3.8) is 0 Å². The van der Waals surface area contributed by atoms with Crippen molar-refractivity contribution >= 4 is 14.0 Å². The standard InChI is InChI=1S/C12H10.C10H11O2P/c1-3-7-11(8-4-1)12-9-5-2-6-10-12;1-6-4-7(2)9(8(3)5-6)10(11)13-12/h1-10H;4-5H,1-3H3/p+1. The van der Waals surface area contributed by atoms with E-state index in [1.54, 1.807) is 0 Å². The van der Waals surface area contributed by atoms with E-state index in [4.69, 9.17) is 0 Å². The highest BCUT2D eigenvalue weighted by molar-refractivity contribution is 7.47. The third-order valence-electron chi connectivity index (χ3n) is 3.88. The van der Waals surface area contributed by atoms with Crippen molar-refractivity contribution in [1.29, 1.82) is 0 Å². The van der Waals surface area contributed by atoms with Crippen molar-refractivity contribution in [3.05, 3.63) is 95.1 Å². The monoisotopic (exact) mass is 349 g/mol. The van der Waals surface area contributed by atoms with E-state index in [0.29, 0.717) is 5.56 Å². The number of benzene rings is 3. The SMILES string of the molecule is Cc1cc(C)c(C(=O)[PH+]=O)c(C)c1.c1ccc(-c2ccccc2)cc1. The van der Waals surface area contributed by atoms with E-state index in [9.17, 15) is 9.36 Å². The van der Waals surface area contributed by atoms with E-state index >= 15 is 0 Å². The second-order valence-electron chi connectivity index (χ2n) is 5.94. The first-order chi connectivity index (χ1) is 12.0. The van der Waals surface area contributed by atoms with Crippen LogP contribution in [0, 0.1) is 20.8 Å². The Hall–Kier alpha value is -2.57. The molecule has 0 spiro atoms. The second-order valence-corrected chi connectivity index (χ2v) is 6.60. The summed E-state index contributed by atoms with van der Waals surface area (Å²) in [6, 6.07) is 24.6. The van der Waals surface area contributed by atoms with Crippen molar-refractivity contribution in [3.8, 4) is 11.1 Å². The number of hydrogen-bond acceptors (Lipinski definition) is 2.